The van der Waals surface area contributed by atoms with E-state index < -0.39 is 0 Å². The second-order valence-corrected chi connectivity index (χ2v) is 9.57. The lowest BCUT2D eigenvalue weighted by atomic mass is 9.92. The molecule has 2 aliphatic heterocycles. The molecule has 0 unspecified atom stereocenters. The van der Waals surface area contributed by atoms with E-state index in [9.17, 15) is 4.39 Å². The average Bonchev–Trinajstić information content (AvgIpc) is 3.30. The lowest BCUT2D eigenvalue weighted by molar-refractivity contribution is -0.0600. The first-order chi connectivity index (χ1) is 16.6. The van der Waals surface area contributed by atoms with Gasteiger partial charge in [0.05, 0.1) is 18.7 Å². The van der Waals surface area contributed by atoms with Crippen LogP contribution in [-0.4, -0.2) is 45.2 Å². The number of nitrogens with zero attached hydrogens (tertiary/aromatic N) is 4. The molecule has 2 saturated heterocycles. The minimum atomic E-state index is -0.331. The van der Waals surface area contributed by atoms with E-state index in [1.54, 1.807) is 6.07 Å². The van der Waals surface area contributed by atoms with Crippen LogP contribution in [0.15, 0.2) is 48.8 Å². The SMILES string of the molecule is C[C@@H](c1nccn1C[C@@H]1CCO1)N1CCC(c2cccc(OCc3cc(Cl)ccc3F)n2)CC1. The molecule has 0 spiro atoms. The highest BCUT2D eigenvalue weighted by atomic mass is 35.5. The second kappa shape index (κ2) is 10.4. The number of halogens is 2. The van der Waals surface area contributed by atoms with Crippen LogP contribution in [0.3, 0.4) is 0 Å². The van der Waals surface area contributed by atoms with E-state index in [0.29, 0.717) is 28.5 Å². The van der Waals surface area contributed by atoms with Crippen molar-refractivity contribution in [1.82, 2.24) is 19.4 Å². The minimum Gasteiger partial charge on any atom is -0.473 e. The Morgan fingerprint density at radius 2 is 2.03 bits per heavy atom. The van der Waals surface area contributed by atoms with E-state index in [4.69, 9.17) is 26.1 Å². The van der Waals surface area contributed by atoms with E-state index in [1.165, 1.54) is 12.1 Å². The van der Waals surface area contributed by atoms with Crippen LogP contribution in [0.5, 0.6) is 5.88 Å². The van der Waals surface area contributed by atoms with Gasteiger partial charge in [0, 0.05) is 47.3 Å². The minimum absolute atomic E-state index is 0.0946. The number of piperidine rings is 1. The molecular formula is C26H30ClFN4O2. The number of benzene rings is 1. The van der Waals surface area contributed by atoms with Crippen molar-refractivity contribution < 1.29 is 13.9 Å². The van der Waals surface area contributed by atoms with Gasteiger partial charge in [0.1, 0.15) is 18.2 Å². The number of pyridine rings is 1. The van der Waals surface area contributed by atoms with Gasteiger partial charge in [-0.25, -0.2) is 14.4 Å². The Hall–Kier alpha value is -2.48. The molecule has 2 fully saturated rings. The third kappa shape index (κ3) is 5.27. The zero-order valence-corrected chi connectivity index (χ0v) is 20.1. The van der Waals surface area contributed by atoms with Gasteiger partial charge < -0.3 is 14.0 Å². The van der Waals surface area contributed by atoms with Gasteiger partial charge in [-0.05, 0) is 63.5 Å². The summed E-state index contributed by atoms with van der Waals surface area (Å²) in [4.78, 5) is 11.9. The Kier molecular flexibility index (Phi) is 7.13. The van der Waals surface area contributed by atoms with Crippen LogP contribution in [0.4, 0.5) is 4.39 Å². The third-order valence-electron chi connectivity index (χ3n) is 6.94. The Morgan fingerprint density at radius 1 is 1.21 bits per heavy atom. The monoisotopic (exact) mass is 484 g/mol. The van der Waals surface area contributed by atoms with Gasteiger partial charge in [0.15, 0.2) is 0 Å². The predicted molar refractivity (Wildman–Crippen MR) is 129 cm³/mol. The van der Waals surface area contributed by atoms with Gasteiger partial charge in [-0.3, -0.25) is 4.90 Å². The number of rotatable bonds is 8. The van der Waals surface area contributed by atoms with Crippen LogP contribution in [0.1, 0.15) is 55.2 Å². The summed E-state index contributed by atoms with van der Waals surface area (Å²) >= 11 is 5.98. The summed E-state index contributed by atoms with van der Waals surface area (Å²) in [6.45, 7) is 6.06. The smallest absolute Gasteiger partial charge is 0.213 e. The molecule has 5 rings (SSSR count). The molecule has 4 heterocycles. The van der Waals surface area contributed by atoms with Crippen molar-refractivity contribution in [3.05, 3.63) is 76.7 Å². The Morgan fingerprint density at radius 3 is 2.79 bits per heavy atom. The molecular weight excluding hydrogens is 455 g/mol. The first-order valence-electron chi connectivity index (χ1n) is 12.0. The molecule has 8 heteroatoms. The van der Waals surface area contributed by atoms with E-state index in [1.807, 2.05) is 18.3 Å². The fourth-order valence-corrected chi connectivity index (χ4v) is 4.98. The Labute approximate surface area is 204 Å². The van der Waals surface area contributed by atoms with Gasteiger partial charge in [0.25, 0.3) is 0 Å². The number of hydrogen-bond donors (Lipinski definition) is 0. The topological polar surface area (TPSA) is 52.4 Å². The summed E-state index contributed by atoms with van der Waals surface area (Å²) in [7, 11) is 0. The van der Waals surface area contributed by atoms with Crippen LogP contribution in [-0.2, 0) is 17.9 Å². The van der Waals surface area contributed by atoms with Crippen molar-refractivity contribution in [2.24, 2.45) is 0 Å². The van der Waals surface area contributed by atoms with Crippen molar-refractivity contribution in [1.29, 1.82) is 0 Å². The highest BCUT2D eigenvalue weighted by Gasteiger charge is 2.28. The molecule has 0 radical (unpaired) electrons. The maximum Gasteiger partial charge on any atom is 0.213 e. The molecule has 6 nitrogen and oxygen atoms in total. The van der Waals surface area contributed by atoms with Gasteiger partial charge in [-0.2, -0.15) is 0 Å². The number of hydrogen-bond acceptors (Lipinski definition) is 5. The highest BCUT2D eigenvalue weighted by Crippen LogP contribution is 2.32. The number of ether oxygens (including phenoxy) is 2. The fourth-order valence-electron chi connectivity index (χ4n) is 4.78. The summed E-state index contributed by atoms with van der Waals surface area (Å²) in [6.07, 6.45) is 7.45. The van der Waals surface area contributed by atoms with Crippen LogP contribution in [0.25, 0.3) is 0 Å². The molecule has 0 aliphatic carbocycles. The highest BCUT2D eigenvalue weighted by molar-refractivity contribution is 6.30. The van der Waals surface area contributed by atoms with Gasteiger partial charge in [-0.15, -0.1) is 0 Å². The molecule has 2 atom stereocenters. The quantitative estimate of drug-likeness (QED) is 0.429. The number of likely N-dealkylation sites (tertiary alicyclic amines) is 1. The molecule has 0 saturated carbocycles. The summed E-state index contributed by atoms with van der Waals surface area (Å²) in [5.41, 5.74) is 1.45. The number of aromatic nitrogens is 3. The summed E-state index contributed by atoms with van der Waals surface area (Å²) < 4.78 is 27.6. The molecule has 2 aliphatic rings. The van der Waals surface area contributed by atoms with E-state index >= 15 is 0 Å². The van der Waals surface area contributed by atoms with Gasteiger partial charge >= 0.3 is 0 Å². The van der Waals surface area contributed by atoms with E-state index in [0.717, 1.165) is 57.0 Å². The maximum absolute atomic E-state index is 14.0. The molecule has 0 amide bonds. The molecule has 0 bridgehead atoms. The van der Waals surface area contributed by atoms with Crippen molar-refractivity contribution in [2.75, 3.05) is 19.7 Å². The zero-order chi connectivity index (χ0) is 23.5. The first kappa shape index (κ1) is 23.3. The number of imidazole rings is 1. The van der Waals surface area contributed by atoms with Crippen LogP contribution in [0.2, 0.25) is 5.02 Å². The lowest BCUT2D eigenvalue weighted by Gasteiger charge is -2.36. The summed E-state index contributed by atoms with van der Waals surface area (Å²) in [5, 5.41) is 0.488. The van der Waals surface area contributed by atoms with Gasteiger partial charge in [0.2, 0.25) is 5.88 Å². The maximum atomic E-state index is 14.0. The Bertz CT molecular complexity index is 1110. The van der Waals surface area contributed by atoms with Crippen LogP contribution >= 0.6 is 11.6 Å². The molecule has 2 aromatic heterocycles. The largest absolute Gasteiger partial charge is 0.473 e. The van der Waals surface area contributed by atoms with Gasteiger partial charge in [-0.1, -0.05) is 17.7 Å². The average molecular weight is 485 g/mol. The molecule has 34 heavy (non-hydrogen) atoms. The third-order valence-corrected chi connectivity index (χ3v) is 7.17. The zero-order valence-electron chi connectivity index (χ0n) is 19.4. The van der Waals surface area contributed by atoms with E-state index in [2.05, 4.69) is 33.6 Å². The van der Waals surface area contributed by atoms with E-state index in [-0.39, 0.29) is 18.5 Å². The molecule has 1 aromatic carbocycles. The lowest BCUT2D eigenvalue weighted by Crippen LogP contribution is -2.37. The van der Waals surface area contributed by atoms with Crippen molar-refractivity contribution in [3.8, 4) is 5.88 Å². The Balaban J connectivity index is 1.17. The first-order valence-corrected chi connectivity index (χ1v) is 12.3. The predicted octanol–water partition coefficient (Wildman–Crippen LogP) is 5.38. The van der Waals surface area contributed by atoms with Crippen LogP contribution < -0.4 is 4.74 Å². The second-order valence-electron chi connectivity index (χ2n) is 9.13. The van der Waals surface area contributed by atoms with Crippen molar-refractivity contribution in [2.45, 2.75) is 57.4 Å². The molecule has 180 valence electrons. The van der Waals surface area contributed by atoms with Crippen molar-refractivity contribution in [3.63, 3.8) is 0 Å². The summed E-state index contributed by atoms with van der Waals surface area (Å²) in [6, 6.07) is 10.6. The fraction of sp³-hybridized carbons (Fsp3) is 0.462. The normalized spacial score (nSPS) is 20.1. The molecule has 0 N–H and O–H groups in total. The van der Waals surface area contributed by atoms with Crippen LogP contribution in [0, 0.1) is 5.82 Å². The van der Waals surface area contributed by atoms with Crippen molar-refractivity contribution >= 4 is 11.6 Å². The summed E-state index contributed by atoms with van der Waals surface area (Å²) in [5.74, 6) is 1.66. The standard InChI is InChI=1S/C26H30ClFN4O2/c1-18(26-29-10-13-32(26)16-22-9-14-33-22)31-11-7-19(8-12-31)24-3-2-4-25(30-24)34-17-20-15-21(27)5-6-23(20)28/h2-6,10,13,15,18-19,22H,7-9,11-12,14,16-17H2,1H3/t18-,22-/m0/s1. The molecule has 3 aromatic rings.